The van der Waals surface area contributed by atoms with Gasteiger partial charge in [-0.1, -0.05) is 6.92 Å². The average Bonchev–Trinajstić information content (AvgIpc) is 2.74. The maximum atomic E-state index is 12.7. The molecule has 0 heterocycles. The number of sulfone groups is 1. The monoisotopic (exact) mass is 457 g/mol. The molecule has 166 valence electrons. The first-order valence-corrected chi connectivity index (χ1v) is 12.6. The van der Waals surface area contributed by atoms with Crippen molar-refractivity contribution < 1.29 is 31.0 Å². The van der Waals surface area contributed by atoms with Crippen LogP contribution in [0.3, 0.4) is 0 Å². The molecule has 0 fully saturated rings. The van der Waals surface area contributed by atoms with Crippen LogP contribution in [0.15, 0.2) is 53.4 Å². The van der Waals surface area contributed by atoms with E-state index in [1.807, 2.05) is 0 Å². The molecule has 30 heavy (non-hydrogen) atoms. The van der Waals surface area contributed by atoms with Gasteiger partial charge in [0, 0.05) is 19.3 Å². The van der Waals surface area contributed by atoms with Gasteiger partial charge in [-0.2, -0.15) is 4.31 Å². The van der Waals surface area contributed by atoms with Gasteiger partial charge in [0.15, 0.2) is 9.84 Å². The number of likely N-dealkylation sites (N-methyl/N-ethyl adjacent to an activating group) is 1. The van der Waals surface area contributed by atoms with Crippen molar-refractivity contribution >= 4 is 19.9 Å². The van der Waals surface area contributed by atoms with Crippen LogP contribution in [-0.2, 0) is 19.9 Å². The third-order valence-electron chi connectivity index (χ3n) is 4.37. The highest BCUT2D eigenvalue weighted by Crippen LogP contribution is 2.20. The fourth-order valence-electron chi connectivity index (χ4n) is 2.40. The Hall–Kier alpha value is -2.30. The number of ether oxygens (including phenoxy) is 3. The largest absolute Gasteiger partial charge is 0.497 e. The highest BCUT2D eigenvalue weighted by atomic mass is 32.2. The van der Waals surface area contributed by atoms with Crippen molar-refractivity contribution in [2.45, 2.75) is 11.8 Å². The minimum atomic E-state index is -3.69. The van der Waals surface area contributed by atoms with Gasteiger partial charge in [-0.05, 0) is 48.5 Å². The summed E-state index contributed by atoms with van der Waals surface area (Å²) in [5, 5.41) is 0. The normalized spacial score (nSPS) is 12.0. The molecule has 0 atom stereocenters. The number of rotatable bonds is 12. The molecular formula is C20H27NO7S2. The minimum Gasteiger partial charge on any atom is -0.497 e. The molecule has 0 saturated carbocycles. The molecule has 0 spiro atoms. The van der Waals surface area contributed by atoms with Crippen molar-refractivity contribution in [3.8, 4) is 17.2 Å². The summed E-state index contributed by atoms with van der Waals surface area (Å²) in [4.78, 5) is 0.114. The summed E-state index contributed by atoms with van der Waals surface area (Å²) in [6.07, 6.45) is 0. The SMILES string of the molecule is CCS(=O)(=O)CCOc1ccc(S(=O)(=O)N(C)CCOc2ccc(OC)cc2)cc1. The zero-order valence-electron chi connectivity index (χ0n) is 17.3. The average molecular weight is 458 g/mol. The summed E-state index contributed by atoms with van der Waals surface area (Å²) in [7, 11) is -3.74. The van der Waals surface area contributed by atoms with Crippen molar-refractivity contribution in [3.05, 3.63) is 48.5 Å². The number of nitrogens with zero attached hydrogens (tertiary/aromatic N) is 1. The molecule has 2 aromatic rings. The standard InChI is InChI=1S/C20H27NO7S2/c1-4-29(22,23)16-15-28-19-9-11-20(12-10-19)30(24,25)21(2)13-14-27-18-7-5-17(26-3)6-8-18/h5-12H,4,13-16H2,1-3H3. The molecule has 0 aliphatic heterocycles. The van der Waals surface area contributed by atoms with Gasteiger partial charge in [-0.15, -0.1) is 0 Å². The quantitative estimate of drug-likeness (QED) is 0.482. The second-order valence-corrected chi connectivity index (χ2v) is 10.9. The summed E-state index contributed by atoms with van der Waals surface area (Å²) in [5.41, 5.74) is 0. The van der Waals surface area contributed by atoms with E-state index in [0.717, 1.165) is 0 Å². The Morgan fingerprint density at radius 1 is 0.800 bits per heavy atom. The van der Waals surface area contributed by atoms with Gasteiger partial charge in [-0.25, -0.2) is 16.8 Å². The molecular weight excluding hydrogens is 430 g/mol. The lowest BCUT2D eigenvalue weighted by atomic mass is 10.3. The first kappa shape index (κ1) is 24.0. The van der Waals surface area contributed by atoms with Gasteiger partial charge in [0.2, 0.25) is 10.0 Å². The lowest BCUT2D eigenvalue weighted by Gasteiger charge is -2.18. The van der Waals surface area contributed by atoms with Crippen LogP contribution < -0.4 is 14.2 Å². The molecule has 0 radical (unpaired) electrons. The molecule has 0 saturated heterocycles. The van der Waals surface area contributed by atoms with Crippen LogP contribution in [0.1, 0.15) is 6.92 Å². The van der Waals surface area contributed by atoms with E-state index in [4.69, 9.17) is 14.2 Å². The summed E-state index contributed by atoms with van der Waals surface area (Å²) in [5.74, 6) is 1.71. The topological polar surface area (TPSA) is 99.2 Å². The van der Waals surface area contributed by atoms with Gasteiger partial charge in [0.05, 0.1) is 17.8 Å². The molecule has 0 amide bonds. The van der Waals surface area contributed by atoms with E-state index in [0.29, 0.717) is 17.2 Å². The first-order chi connectivity index (χ1) is 14.2. The summed E-state index contributed by atoms with van der Waals surface area (Å²) >= 11 is 0. The molecule has 2 aromatic carbocycles. The maximum absolute atomic E-state index is 12.7. The van der Waals surface area contributed by atoms with E-state index in [1.165, 1.54) is 35.6 Å². The molecule has 0 aromatic heterocycles. The maximum Gasteiger partial charge on any atom is 0.242 e. The van der Waals surface area contributed by atoms with Crippen molar-refractivity contribution in [3.63, 3.8) is 0 Å². The highest BCUT2D eigenvalue weighted by Gasteiger charge is 2.20. The Morgan fingerprint density at radius 2 is 1.30 bits per heavy atom. The van der Waals surface area contributed by atoms with E-state index in [1.54, 1.807) is 38.3 Å². The number of benzene rings is 2. The van der Waals surface area contributed by atoms with Crippen molar-refractivity contribution in [2.75, 3.05) is 45.4 Å². The van der Waals surface area contributed by atoms with E-state index >= 15 is 0 Å². The number of hydrogen-bond acceptors (Lipinski definition) is 7. The predicted molar refractivity (Wildman–Crippen MR) is 115 cm³/mol. The van der Waals surface area contributed by atoms with Crippen LogP contribution in [-0.4, -0.2) is 66.6 Å². The van der Waals surface area contributed by atoms with Gasteiger partial charge < -0.3 is 14.2 Å². The van der Waals surface area contributed by atoms with Gasteiger partial charge >= 0.3 is 0 Å². The molecule has 0 N–H and O–H groups in total. The summed E-state index contributed by atoms with van der Waals surface area (Å²) < 4.78 is 65.6. The van der Waals surface area contributed by atoms with Crippen molar-refractivity contribution in [2.24, 2.45) is 0 Å². The smallest absolute Gasteiger partial charge is 0.242 e. The fraction of sp³-hybridized carbons (Fsp3) is 0.400. The summed E-state index contributed by atoms with van der Waals surface area (Å²) in [6.45, 7) is 1.95. The Morgan fingerprint density at radius 3 is 1.83 bits per heavy atom. The third-order valence-corrected chi connectivity index (χ3v) is 7.91. The lowest BCUT2D eigenvalue weighted by molar-refractivity contribution is 0.286. The van der Waals surface area contributed by atoms with Crippen LogP contribution in [0.2, 0.25) is 0 Å². The van der Waals surface area contributed by atoms with Crippen LogP contribution >= 0.6 is 0 Å². The Balaban J connectivity index is 1.88. The van der Waals surface area contributed by atoms with Crippen LogP contribution in [0, 0.1) is 0 Å². The zero-order valence-corrected chi connectivity index (χ0v) is 18.9. The Bertz CT molecular complexity index is 1000. The van der Waals surface area contributed by atoms with Crippen LogP contribution in [0.4, 0.5) is 0 Å². The Kier molecular flexibility index (Phi) is 8.51. The fourth-order valence-corrected chi connectivity index (χ4v) is 4.18. The second-order valence-electron chi connectivity index (χ2n) is 6.41. The van der Waals surface area contributed by atoms with Crippen LogP contribution in [0.5, 0.6) is 17.2 Å². The molecule has 8 nitrogen and oxygen atoms in total. The van der Waals surface area contributed by atoms with Crippen molar-refractivity contribution in [1.29, 1.82) is 0 Å². The minimum absolute atomic E-state index is 0.0187. The van der Waals surface area contributed by atoms with Gasteiger partial charge in [-0.3, -0.25) is 0 Å². The zero-order chi connectivity index (χ0) is 22.2. The van der Waals surface area contributed by atoms with E-state index < -0.39 is 19.9 Å². The number of sulfonamides is 1. The third kappa shape index (κ3) is 6.89. The van der Waals surface area contributed by atoms with Gasteiger partial charge in [0.25, 0.3) is 0 Å². The molecule has 10 heteroatoms. The predicted octanol–water partition coefficient (Wildman–Crippen LogP) is 2.21. The second kappa shape index (κ2) is 10.6. The molecule has 0 aliphatic rings. The van der Waals surface area contributed by atoms with Crippen molar-refractivity contribution in [1.82, 2.24) is 4.31 Å². The highest BCUT2D eigenvalue weighted by molar-refractivity contribution is 7.91. The molecule has 0 bridgehead atoms. The first-order valence-electron chi connectivity index (χ1n) is 9.34. The molecule has 2 rings (SSSR count). The van der Waals surface area contributed by atoms with E-state index in [-0.39, 0.29) is 36.2 Å². The Labute approximate surface area is 178 Å². The molecule has 0 aliphatic carbocycles. The lowest BCUT2D eigenvalue weighted by Crippen LogP contribution is -2.31. The molecule has 0 unspecified atom stereocenters. The number of methoxy groups -OCH3 is 1. The van der Waals surface area contributed by atoms with Crippen LogP contribution in [0.25, 0.3) is 0 Å². The van der Waals surface area contributed by atoms with E-state index in [9.17, 15) is 16.8 Å². The van der Waals surface area contributed by atoms with Gasteiger partial charge in [0.1, 0.15) is 30.5 Å². The summed E-state index contributed by atoms with van der Waals surface area (Å²) in [6, 6.07) is 12.9. The number of hydrogen-bond donors (Lipinski definition) is 0. The van der Waals surface area contributed by atoms with E-state index in [2.05, 4.69) is 0 Å².